The Morgan fingerprint density at radius 2 is 2.32 bits per heavy atom. The zero-order valence-corrected chi connectivity index (χ0v) is 10.9. The van der Waals surface area contributed by atoms with Gasteiger partial charge in [-0.2, -0.15) is 0 Å². The molecule has 0 fully saturated rings. The first-order valence-electron chi connectivity index (χ1n) is 5.91. The molecule has 1 heterocycles. The summed E-state index contributed by atoms with van der Waals surface area (Å²) in [5, 5.41) is 4.11. The van der Waals surface area contributed by atoms with Crippen LogP contribution in [0.15, 0.2) is 30.6 Å². The maximum atomic E-state index is 11.3. The summed E-state index contributed by atoms with van der Waals surface area (Å²) in [6.07, 6.45) is 1.49. The van der Waals surface area contributed by atoms with Gasteiger partial charge in [-0.1, -0.05) is 29.8 Å². The largest absolute Gasteiger partial charge is 0.463 e. The van der Waals surface area contributed by atoms with Crippen molar-refractivity contribution in [2.45, 2.75) is 13.0 Å². The molecule has 6 heteroatoms. The van der Waals surface area contributed by atoms with E-state index in [0.717, 1.165) is 11.1 Å². The van der Waals surface area contributed by atoms with Gasteiger partial charge in [-0.05, 0) is 12.5 Å². The first-order chi connectivity index (χ1) is 9.15. The maximum absolute atomic E-state index is 11.3. The van der Waals surface area contributed by atoms with Crippen LogP contribution in [0.3, 0.4) is 0 Å². The number of carbonyl (C=O) groups is 1. The van der Waals surface area contributed by atoms with Crippen molar-refractivity contribution < 1.29 is 9.53 Å². The van der Waals surface area contributed by atoms with E-state index >= 15 is 0 Å². The highest BCUT2D eigenvalue weighted by Crippen LogP contribution is 2.17. The van der Waals surface area contributed by atoms with Gasteiger partial charge >= 0.3 is 5.97 Å². The van der Waals surface area contributed by atoms with Crippen molar-refractivity contribution in [3.63, 3.8) is 0 Å². The summed E-state index contributed by atoms with van der Waals surface area (Å²) in [6, 6.07) is 7.84. The van der Waals surface area contributed by atoms with E-state index in [1.807, 2.05) is 31.2 Å². The summed E-state index contributed by atoms with van der Waals surface area (Å²) in [6.45, 7) is 2.38. The lowest BCUT2D eigenvalue weighted by atomic mass is 10.1. The lowest BCUT2D eigenvalue weighted by Gasteiger charge is -2.15. The normalized spacial score (nSPS) is 12.2. The number of ether oxygens (including phenoxy) is 1. The van der Waals surface area contributed by atoms with Crippen molar-refractivity contribution in [3.05, 3.63) is 47.5 Å². The molecule has 0 amide bonds. The number of aryl methyl sites for hydroxylation is 1. The molecule has 1 aromatic carbocycles. The summed E-state index contributed by atoms with van der Waals surface area (Å²) in [5.74, 6) is -0.521. The van der Waals surface area contributed by atoms with E-state index in [0.29, 0.717) is 6.54 Å². The minimum absolute atomic E-state index is 0.0357. The molecule has 0 bridgehead atoms. The van der Waals surface area contributed by atoms with Crippen LogP contribution in [-0.4, -0.2) is 34.4 Å². The molecule has 0 radical (unpaired) electrons. The van der Waals surface area contributed by atoms with Crippen molar-refractivity contribution in [2.24, 2.45) is 5.73 Å². The Hall–Kier alpha value is -2.21. The van der Waals surface area contributed by atoms with Crippen molar-refractivity contribution in [1.82, 2.24) is 14.8 Å². The Labute approximate surface area is 111 Å². The van der Waals surface area contributed by atoms with Gasteiger partial charge in [0.1, 0.15) is 6.33 Å². The molecular weight excluding hydrogens is 244 g/mol. The SMILES string of the molecule is COC(=O)c1ncn(C(CN)c2cccc(C)c2)n1. The van der Waals surface area contributed by atoms with Crippen molar-refractivity contribution in [2.75, 3.05) is 13.7 Å². The third-order valence-electron chi connectivity index (χ3n) is 2.85. The predicted octanol–water partition coefficient (Wildman–Crippen LogP) is 0.921. The summed E-state index contributed by atoms with van der Waals surface area (Å²) in [5.41, 5.74) is 7.97. The van der Waals surface area contributed by atoms with Crippen LogP contribution < -0.4 is 5.73 Å². The number of carbonyl (C=O) groups excluding carboxylic acids is 1. The summed E-state index contributed by atoms with van der Waals surface area (Å²) >= 11 is 0. The van der Waals surface area contributed by atoms with Crippen molar-refractivity contribution in [3.8, 4) is 0 Å². The Balaban J connectivity index is 2.32. The summed E-state index contributed by atoms with van der Waals surface area (Å²) in [4.78, 5) is 15.3. The molecule has 0 aliphatic heterocycles. The van der Waals surface area contributed by atoms with E-state index < -0.39 is 5.97 Å². The van der Waals surface area contributed by atoms with Gasteiger partial charge in [-0.25, -0.2) is 14.5 Å². The van der Waals surface area contributed by atoms with Crippen LogP contribution in [0.2, 0.25) is 0 Å². The molecule has 1 aromatic heterocycles. The lowest BCUT2D eigenvalue weighted by molar-refractivity contribution is 0.0586. The molecule has 19 heavy (non-hydrogen) atoms. The molecule has 2 aromatic rings. The number of aromatic nitrogens is 3. The molecule has 0 aliphatic rings. The van der Waals surface area contributed by atoms with E-state index in [-0.39, 0.29) is 11.9 Å². The minimum Gasteiger partial charge on any atom is -0.463 e. The minimum atomic E-state index is -0.557. The summed E-state index contributed by atoms with van der Waals surface area (Å²) in [7, 11) is 1.30. The van der Waals surface area contributed by atoms with E-state index in [4.69, 9.17) is 5.73 Å². The van der Waals surface area contributed by atoms with Crippen LogP contribution in [0.5, 0.6) is 0 Å². The van der Waals surface area contributed by atoms with Gasteiger partial charge in [-0.15, -0.1) is 5.10 Å². The quantitative estimate of drug-likeness (QED) is 0.826. The smallest absolute Gasteiger partial charge is 0.377 e. The first kappa shape index (κ1) is 13.2. The Bertz CT molecular complexity index is 580. The average molecular weight is 260 g/mol. The number of hydrogen-bond donors (Lipinski definition) is 1. The Morgan fingerprint density at radius 1 is 1.53 bits per heavy atom. The number of esters is 1. The monoisotopic (exact) mass is 260 g/mol. The number of methoxy groups -OCH3 is 1. The van der Waals surface area contributed by atoms with E-state index in [9.17, 15) is 4.79 Å². The fourth-order valence-electron chi connectivity index (χ4n) is 1.88. The number of nitrogens with two attached hydrogens (primary N) is 1. The molecule has 100 valence electrons. The van der Waals surface area contributed by atoms with Gasteiger partial charge in [0, 0.05) is 6.54 Å². The molecule has 1 unspecified atom stereocenters. The van der Waals surface area contributed by atoms with E-state index in [1.54, 1.807) is 4.68 Å². The number of hydrogen-bond acceptors (Lipinski definition) is 5. The molecule has 0 saturated heterocycles. The van der Waals surface area contributed by atoms with Gasteiger partial charge in [0.2, 0.25) is 0 Å². The van der Waals surface area contributed by atoms with Crippen LogP contribution in [0.25, 0.3) is 0 Å². The average Bonchev–Trinajstić information content (AvgIpc) is 2.88. The highest BCUT2D eigenvalue weighted by Gasteiger charge is 2.17. The first-order valence-corrected chi connectivity index (χ1v) is 5.91. The fourth-order valence-corrected chi connectivity index (χ4v) is 1.88. The zero-order valence-electron chi connectivity index (χ0n) is 10.9. The van der Waals surface area contributed by atoms with E-state index in [1.165, 1.54) is 13.4 Å². The van der Waals surface area contributed by atoms with Crippen molar-refractivity contribution >= 4 is 5.97 Å². The molecule has 0 aliphatic carbocycles. The predicted molar refractivity (Wildman–Crippen MR) is 69.7 cm³/mol. The van der Waals surface area contributed by atoms with Gasteiger partial charge < -0.3 is 10.5 Å². The van der Waals surface area contributed by atoms with Gasteiger partial charge in [0.15, 0.2) is 0 Å². The van der Waals surface area contributed by atoms with Crippen LogP contribution in [0.1, 0.15) is 27.8 Å². The molecule has 6 nitrogen and oxygen atoms in total. The molecular formula is C13H16N4O2. The van der Waals surface area contributed by atoms with Crippen LogP contribution in [-0.2, 0) is 4.74 Å². The Kier molecular flexibility index (Phi) is 3.91. The van der Waals surface area contributed by atoms with Gasteiger partial charge in [-0.3, -0.25) is 0 Å². The topological polar surface area (TPSA) is 83.0 Å². The second-order valence-corrected chi connectivity index (χ2v) is 4.21. The van der Waals surface area contributed by atoms with E-state index in [2.05, 4.69) is 14.8 Å². The lowest BCUT2D eigenvalue weighted by Crippen LogP contribution is -2.21. The highest BCUT2D eigenvalue weighted by molar-refractivity contribution is 5.84. The highest BCUT2D eigenvalue weighted by atomic mass is 16.5. The second-order valence-electron chi connectivity index (χ2n) is 4.21. The standard InChI is InChI=1S/C13H16N4O2/c1-9-4-3-5-10(6-9)11(7-14)17-8-15-12(16-17)13(18)19-2/h3-6,8,11H,7,14H2,1-2H3. The van der Waals surface area contributed by atoms with Gasteiger partial charge in [0.05, 0.1) is 13.2 Å². The molecule has 2 rings (SSSR count). The molecule has 2 N–H and O–H groups in total. The molecule has 0 spiro atoms. The summed E-state index contributed by atoms with van der Waals surface area (Å²) < 4.78 is 6.16. The maximum Gasteiger partial charge on any atom is 0.377 e. The van der Waals surface area contributed by atoms with Crippen LogP contribution in [0, 0.1) is 6.92 Å². The zero-order chi connectivity index (χ0) is 13.8. The van der Waals surface area contributed by atoms with Crippen LogP contribution in [0.4, 0.5) is 0 Å². The van der Waals surface area contributed by atoms with Gasteiger partial charge in [0.25, 0.3) is 5.82 Å². The number of rotatable bonds is 4. The number of benzene rings is 1. The number of nitrogens with zero attached hydrogens (tertiary/aromatic N) is 3. The van der Waals surface area contributed by atoms with Crippen LogP contribution >= 0.6 is 0 Å². The Morgan fingerprint density at radius 3 is 2.95 bits per heavy atom. The van der Waals surface area contributed by atoms with Crippen molar-refractivity contribution in [1.29, 1.82) is 0 Å². The fraction of sp³-hybridized carbons (Fsp3) is 0.308. The second kappa shape index (κ2) is 5.62. The molecule has 0 saturated carbocycles. The third kappa shape index (κ3) is 2.79. The third-order valence-corrected chi connectivity index (χ3v) is 2.85. The molecule has 1 atom stereocenters.